The Morgan fingerprint density at radius 1 is 1.19 bits per heavy atom. The normalized spacial score (nSPS) is 24.8. The van der Waals surface area contributed by atoms with E-state index in [9.17, 15) is 4.79 Å². The van der Waals surface area contributed by atoms with Gasteiger partial charge >= 0.3 is 0 Å². The number of hydrogen-bond acceptors (Lipinski definition) is 3. The zero-order valence-electron chi connectivity index (χ0n) is 9.32. The molecule has 2 fully saturated rings. The first-order chi connectivity index (χ1) is 7.17. The second-order valence-corrected chi connectivity index (χ2v) is 4.78. The lowest BCUT2D eigenvalue weighted by Gasteiger charge is -2.43. The molecule has 2 saturated carbocycles. The van der Waals surface area contributed by atoms with Crippen molar-refractivity contribution < 1.29 is 4.79 Å². The number of nitriles is 1. The predicted octanol–water partition coefficient (Wildman–Crippen LogP) is 1.54. The van der Waals surface area contributed by atoms with Gasteiger partial charge in [-0.3, -0.25) is 4.79 Å². The summed E-state index contributed by atoms with van der Waals surface area (Å²) in [5.74, 6) is 0. The summed E-state index contributed by atoms with van der Waals surface area (Å²) in [5.41, 5.74) is 5.12. The molecule has 0 radical (unpaired) electrons. The molecule has 1 amide bonds. The third-order valence-corrected chi connectivity index (χ3v) is 3.70. The fourth-order valence-electron chi connectivity index (χ4n) is 2.56. The van der Waals surface area contributed by atoms with Gasteiger partial charge in [-0.15, -0.1) is 12.4 Å². The summed E-state index contributed by atoms with van der Waals surface area (Å²) < 4.78 is 0. The Labute approximate surface area is 102 Å². The number of halogens is 1. The van der Waals surface area contributed by atoms with Crippen molar-refractivity contribution >= 4 is 18.8 Å². The van der Waals surface area contributed by atoms with Crippen LogP contribution in [0.25, 0.3) is 0 Å². The molecule has 90 valence electrons. The van der Waals surface area contributed by atoms with Gasteiger partial charge in [-0.1, -0.05) is 6.42 Å². The van der Waals surface area contributed by atoms with Gasteiger partial charge in [0.15, 0.2) is 0 Å². The first-order valence-corrected chi connectivity index (χ1v) is 5.62. The molecule has 0 saturated heterocycles. The number of carbonyl (C=O) groups is 1. The van der Waals surface area contributed by atoms with E-state index in [4.69, 9.17) is 11.0 Å². The molecule has 0 heterocycles. The molecule has 0 aromatic carbocycles. The van der Waals surface area contributed by atoms with E-state index in [2.05, 4.69) is 6.07 Å². The molecule has 0 bridgehead atoms. The zero-order chi connectivity index (χ0) is 10.9. The van der Waals surface area contributed by atoms with Crippen LogP contribution in [0.5, 0.6) is 0 Å². The third kappa shape index (κ3) is 2.02. The van der Waals surface area contributed by atoms with Crippen molar-refractivity contribution in [1.82, 2.24) is 4.90 Å². The summed E-state index contributed by atoms with van der Waals surface area (Å²) in [6, 6.07) is 2.24. The highest BCUT2D eigenvalue weighted by Gasteiger charge is 2.54. The number of nitrogens with zero attached hydrogens (tertiary/aromatic N) is 2. The summed E-state index contributed by atoms with van der Waals surface area (Å²) in [5, 5.41) is 9.10. The predicted molar refractivity (Wildman–Crippen MR) is 62.7 cm³/mol. The molecule has 0 aromatic rings. The minimum absolute atomic E-state index is 0. The number of carbonyl (C=O) groups excluding carboxylic acids is 1. The quantitative estimate of drug-likeness (QED) is 0.604. The fourth-order valence-corrected chi connectivity index (χ4v) is 2.56. The molecular formula is C11H18ClN3O. The third-order valence-electron chi connectivity index (χ3n) is 3.70. The van der Waals surface area contributed by atoms with Gasteiger partial charge < -0.3 is 10.6 Å². The molecule has 0 aromatic heterocycles. The molecule has 0 unspecified atom stereocenters. The number of nitrogens with two attached hydrogens (primary N) is 1. The molecule has 2 rings (SSSR count). The van der Waals surface area contributed by atoms with Gasteiger partial charge in [-0.25, -0.2) is 0 Å². The van der Waals surface area contributed by atoms with Crippen LogP contribution in [-0.4, -0.2) is 22.5 Å². The van der Waals surface area contributed by atoms with Gasteiger partial charge in [0, 0.05) is 0 Å². The highest BCUT2D eigenvalue weighted by Crippen LogP contribution is 2.45. The van der Waals surface area contributed by atoms with Crippen molar-refractivity contribution in [2.24, 2.45) is 5.73 Å². The van der Waals surface area contributed by atoms with Crippen LogP contribution in [0.3, 0.4) is 0 Å². The van der Waals surface area contributed by atoms with Crippen molar-refractivity contribution in [2.45, 2.75) is 56.1 Å². The summed E-state index contributed by atoms with van der Waals surface area (Å²) in [6.07, 6.45) is 7.30. The van der Waals surface area contributed by atoms with E-state index in [0.717, 1.165) is 44.9 Å². The summed E-state index contributed by atoms with van der Waals surface area (Å²) in [6.45, 7) is 0. The van der Waals surface area contributed by atoms with Gasteiger partial charge in [0.25, 0.3) is 0 Å². The smallest absolute Gasteiger partial charge is 0.212 e. The highest BCUT2D eigenvalue weighted by molar-refractivity contribution is 5.85. The minimum atomic E-state index is -0.576. The van der Waals surface area contributed by atoms with E-state index < -0.39 is 11.2 Å². The SMILES string of the molecule is Cl.N#CC1(N(C=O)C2(N)CCCCC2)CC1. The Morgan fingerprint density at radius 3 is 2.12 bits per heavy atom. The van der Waals surface area contributed by atoms with E-state index in [0.29, 0.717) is 0 Å². The molecule has 2 N–H and O–H groups in total. The van der Waals surface area contributed by atoms with E-state index in [1.54, 1.807) is 4.90 Å². The van der Waals surface area contributed by atoms with Gasteiger partial charge in [0.2, 0.25) is 6.41 Å². The molecule has 2 aliphatic carbocycles. The maximum absolute atomic E-state index is 11.1. The average molecular weight is 244 g/mol. The molecule has 0 atom stereocenters. The number of hydrogen-bond donors (Lipinski definition) is 1. The van der Waals surface area contributed by atoms with E-state index in [1.165, 1.54) is 6.42 Å². The fraction of sp³-hybridized carbons (Fsp3) is 0.818. The van der Waals surface area contributed by atoms with Gasteiger partial charge in [0.05, 0.1) is 11.7 Å². The molecule has 0 spiro atoms. The van der Waals surface area contributed by atoms with Crippen LogP contribution in [0.15, 0.2) is 0 Å². The topological polar surface area (TPSA) is 70.1 Å². The van der Waals surface area contributed by atoms with Crippen molar-refractivity contribution in [2.75, 3.05) is 0 Å². The molecule has 0 aliphatic heterocycles. The van der Waals surface area contributed by atoms with Crippen LogP contribution in [-0.2, 0) is 4.79 Å². The van der Waals surface area contributed by atoms with E-state index in [1.807, 2.05) is 0 Å². The summed E-state index contributed by atoms with van der Waals surface area (Å²) in [7, 11) is 0. The molecular weight excluding hydrogens is 226 g/mol. The van der Waals surface area contributed by atoms with Crippen molar-refractivity contribution in [3.05, 3.63) is 0 Å². The number of amides is 1. The van der Waals surface area contributed by atoms with Crippen molar-refractivity contribution in [3.63, 3.8) is 0 Å². The maximum atomic E-state index is 11.1. The zero-order valence-corrected chi connectivity index (χ0v) is 10.1. The lowest BCUT2D eigenvalue weighted by atomic mass is 9.87. The highest BCUT2D eigenvalue weighted by atomic mass is 35.5. The lowest BCUT2D eigenvalue weighted by Crippen LogP contribution is -2.60. The molecule has 5 heteroatoms. The van der Waals surface area contributed by atoms with Gasteiger partial charge in [-0.05, 0) is 38.5 Å². The standard InChI is InChI=1S/C11H17N3O.ClH/c12-8-10(6-7-10)14(9-15)11(13)4-2-1-3-5-11;/h9H,1-7,13H2;1H. The Kier molecular flexibility index (Phi) is 3.82. The Bertz CT molecular complexity index is 303. The Balaban J connectivity index is 0.00000128. The molecule has 16 heavy (non-hydrogen) atoms. The van der Waals surface area contributed by atoms with Crippen LogP contribution in [0.1, 0.15) is 44.9 Å². The lowest BCUT2D eigenvalue weighted by molar-refractivity contribution is -0.128. The first-order valence-electron chi connectivity index (χ1n) is 5.62. The van der Waals surface area contributed by atoms with Gasteiger partial charge in [-0.2, -0.15) is 5.26 Å². The van der Waals surface area contributed by atoms with Crippen LogP contribution in [0.2, 0.25) is 0 Å². The largest absolute Gasteiger partial charge is 0.309 e. The molecule has 4 nitrogen and oxygen atoms in total. The average Bonchev–Trinajstić information content (AvgIpc) is 3.01. The Morgan fingerprint density at radius 2 is 1.75 bits per heavy atom. The Hall–Kier alpha value is -0.790. The van der Waals surface area contributed by atoms with E-state index in [-0.39, 0.29) is 12.4 Å². The maximum Gasteiger partial charge on any atom is 0.212 e. The van der Waals surface area contributed by atoms with Gasteiger partial charge in [0.1, 0.15) is 5.54 Å². The van der Waals surface area contributed by atoms with Crippen molar-refractivity contribution in [3.8, 4) is 6.07 Å². The second-order valence-electron chi connectivity index (χ2n) is 4.78. The summed E-state index contributed by atoms with van der Waals surface area (Å²) in [4.78, 5) is 12.7. The van der Waals surface area contributed by atoms with Crippen LogP contribution < -0.4 is 5.73 Å². The number of rotatable bonds is 3. The summed E-state index contributed by atoms with van der Waals surface area (Å²) >= 11 is 0. The monoisotopic (exact) mass is 243 g/mol. The first kappa shape index (κ1) is 13.3. The van der Waals surface area contributed by atoms with Crippen LogP contribution >= 0.6 is 12.4 Å². The van der Waals surface area contributed by atoms with Crippen LogP contribution in [0, 0.1) is 11.3 Å². The second kappa shape index (κ2) is 4.60. The van der Waals surface area contributed by atoms with E-state index >= 15 is 0 Å². The minimum Gasteiger partial charge on any atom is -0.309 e. The molecule has 2 aliphatic rings. The van der Waals surface area contributed by atoms with Crippen molar-refractivity contribution in [1.29, 1.82) is 5.26 Å². The van der Waals surface area contributed by atoms with Crippen LogP contribution in [0.4, 0.5) is 0 Å².